The molecule has 3 rings (SSSR count). The van der Waals surface area contributed by atoms with Crippen molar-refractivity contribution in [1.29, 1.82) is 0 Å². The van der Waals surface area contributed by atoms with E-state index in [-0.39, 0.29) is 23.2 Å². The molecular formula is C14H12FN5O5S. The lowest BCUT2D eigenvalue weighted by Crippen LogP contribution is -2.41. The maximum Gasteiger partial charge on any atom is 0.322 e. The average molecular weight is 381 g/mol. The molecule has 0 spiro atoms. The van der Waals surface area contributed by atoms with E-state index in [1.54, 1.807) is 0 Å². The summed E-state index contributed by atoms with van der Waals surface area (Å²) < 4.78 is 44.7. The number of nitrogens with zero attached hydrogens (tertiary/aromatic N) is 2. The number of urea groups is 1. The predicted molar refractivity (Wildman–Crippen MR) is 84.2 cm³/mol. The molecule has 0 saturated carbocycles. The molecule has 3 amide bonds. The van der Waals surface area contributed by atoms with Crippen molar-refractivity contribution < 1.29 is 27.1 Å². The Bertz CT molecular complexity index is 933. The van der Waals surface area contributed by atoms with Crippen molar-refractivity contribution in [3.63, 3.8) is 0 Å². The van der Waals surface area contributed by atoms with Crippen LogP contribution >= 0.6 is 0 Å². The highest BCUT2D eigenvalue weighted by molar-refractivity contribution is 7.89. The number of halogens is 1. The van der Waals surface area contributed by atoms with Gasteiger partial charge in [-0.05, 0) is 24.3 Å². The van der Waals surface area contributed by atoms with Gasteiger partial charge in [-0.25, -0.2) is 32.3 Å². The Morgan fingerprint density at radius 3 is 2.38 bits per heavy atom. The highest BCUT2D eigenvalue weighted by Crippen LogP contribution is 2.20. The Kier molecular flexibility index (Phi) is 4.77. The zero-order chi connectivity index (χ0) is 18.7. The average Bonchev–Trinajstić information content (AvgIpc) is 2.93. The summed E-state index contributed by atoms with van der Waals surface area (Å²) in [5.74, 6) is -0.976. The van der Waals surface area contributed by atoms with Gasteiger partial charge in [0, 0.05) is 6.54 Å². The molecule has 0 radical (unpaired) electrons. The summed E-state index contributed by atoms with van der Waals surface area (Å²) in [6, 6.07) is 3.53. The van der Waals surface area contributed by atoms with Gasteiger partial charge in [0.1, 0.15) is 11.8 Å². The normalized spacial score (nSPS) is 16.9. The van der Waals surface area contributed by atoms with Crippen molar-refractivity contribution in [3.05, 3.63) is 42.5 Å². The van der Waals surface area contributed by atoms with Gasteiger partial charge in [-0.3, -0.25) is 10.1 Å². The van der Waals surface area contributed by atoms with Gasteiger partial charge in [-0.1, -0.05) is 0 Å². The molecule has 1 aromatic carbocycles. The van der Waals surface area contributed by atoms with E-state index in [1.165, 1.54) is 24.3 Å². The first-order valence-corrected chi connectivity index (χ1v) is 8.68. The summed E-state index contributed by atoms with van der Waals surface area (Å²) in [6.07, 6.45) is 1.87. The van der Waals surface area contributed by atoms with Crippen LogP contribution in [-0.4, -0.2) is 42.9 Å². The van der Waals surface area contributed by atoms with Crippen LogP contribution in [0.1, 0.15) is 0 Å². The number of carbonyl (C=O) groups is 2. The molecule has 2 aromatic rings. The van der Waals surface area contributed by atoms with E-state index in [0.29, 0.717) is 0 Å². The lowest BCUT2D eigenvalue weighted by molar-refractivity contribution is -0.120. The molecule has 10 nitrogen and oxygen atoms in total. The monoisotopic (exact) mass is 381 g/mol. The Labute approximate surface area is 146 Å². The molecule has 1 aliphatic rings. The van der Waals surface area contributed by atoms with Crippen LogP contribution in [0.2, 0.25) is 0 Å². The summed E-state index contributed by atoms with van der Waals surface area (Å²) in [5, 5.41) is 4.28. The fraction of sp³-hybridized carbons (Fsp3) is 0.143. The number of hydrogen-bond donors (Lipinski definition) is 3. The number of imide groups is 1. The van der Waals surface area contributed by atoms with Gasteiger partial charge >= 0.3 is 12.0 Å². The van der Waals surface area contributed by atoms with Crippen molar-refractivity contribution in [2.24, 2.45) is 0 Å². The molecule has 0 bridgehead atoms. The van der Waals surface area contributed by atoms with Crippen LogP contribution < -0.4 is 20.1 Å². The third kappa shape index (κ3) is 4.10. The number of rotatable bonds is 6. The molecule has 1 aliphatic heterocycles. The van der Waals surface area contributed by atoms with E-state index in [0.717, 1.165) is 12.4 Å². The Morgan fingerprint density at radius 2 is 1.81 bits per heavy atom. The van der Waals surface area contributed by atoms with E-state index in [2.05, 4.69) is 20.0 Å². The topological polar surface area (TPSA) is 139 Å². The van der Waals surface area contributed by atoms with Crippen LogP contribution in [0.15, 0.2) is 41.6 Å². The van der Waals surface area contributed by atoms with Crippen LogP contribution in [0.25, 0.3) is 0 Å². The van der Waals surface area contributed by atoms with Gasteiger partial charge in [0.2, 0.25) is 10.0 Å². The van der Waals surface area contributed by atoms with Crippen LogP contribution in [0.3, 0.4) is 0 Å². The summed E-state index contributed by atoms with van der Waals surface area (Å²) in [4.78, 5) is 29.6. The van der Waals surface area contributed by atoms with E-state index >= 15 is 0 Å². The van der Waals surface area contributed by atoms with Crippen molar-refractivity contribution in [2.45, 2.75) is 10.9 Å². The van der Waals surface area contributed by atoms with Gasteiger partial charge in [-0.15, -0.1) is 0 Å². The highest BCUT2D eigenvalue weighted by atomic mass is 32.2. The Morgan fingerprint density at radius 1 is 1.15 bits per heavy atom. The number of hydrogen-bond acceptors (Lipinski definition) is 7. The number of amides is 3. The van der Waals surface area contributed by atoms with Gasteiger partial charge in [0.15, 0.2) is 5.82 Å². The molecule has 1 fully saturated rings. The number of benzene rings is 1. The lowest BCUT2D eigenvalue weighted by Gasteiger charge is -2.10. The quantitative estimate of drug-likeness (QED) is 0.594. The van der Waals surface area contributed by atoms with E-state index in [9.17, 15) is 22.4 Å². The van der Waals surface area contributed by atoms with Crippen LogP contribution in [0.5, 0.6) is 11.8 Å². The molecule has 1 saturated heterocycles. The van der Waals surface area contributed by atoms with Gasteiger partial charge in [0.05, 0.1) is 17.3 Å². The molecule has 3 N–H and O–H groups in total. The summed E-state index contributed by atoms with van der Waals surface area (Å²) >= 11 is 0. The zero-order valence-electron chi connectivity index (χ0n) is 13.0. The SMILES string of the molecule is O=C1NC(=O)C(CNS(=O)(=O)c2ccc(Oc3ncc(F)cn3)cc2)N1. The minimum atomic E-state index is -3.90. The molecule has 12 heteroatoms. The first kappa shape index (κ1) is 17.7. The first-order chi connectivity index (χ1) is 12.3. The molecule has 26 heavy (non-hydrogen) atoms. The van der Waals surface area contributed by atoms with Crippen molar-refractivity contribution in [2.75, 3.05) is 6.54 Å². The fourth-order valence-electron chi connectivity index (χ4n) is 2.02. The Hall–Kier alpha value is -3.12. The molecule has 1 aromatic heterocycles. The second-order valence-corrected chi connectivity index (χ2v) is 6.89. The second kappa shape index (κ2) is 7.01. The smallest absolute Gasteiger partial charge is 0.322 e. The minimum absolute atomic E-state index is 0.0744. The van der Waals surface area contributed by atoms with Gasteiger partial charge in [0.25, 0.3) is 5.91 Å². The third-order valence-electron chi connectivity index (χ3n) is 3.28. The second-order valence-electron chi connectivity index (χ2n) is 5.12. The fourth-order valence-corrected chi connectivity index (χ4v) is 3.07. The molecule has 0 aliphatic carbocycles. The van der Waals surface area contributed by atoms with Crippen molar-refractivity contribution >= 4 is 22.0 Å². The van der Waals surface area contributed by atoms with Crippen molar-refractivity contribution in [3.8, 4) is 11.8 Å². The summed E-state index contributed by atoms with van der Waals surface area (Å²) in [7, 11) is -3.90. The van der Waals surface area contributed by atoms with Gasteiger partial charge in [-0.2, -0.15) is 0 Å². The maximum atomic E-state index is 12.7. The first-order valence-electron chi connectivity index (χ1n) is 7.20. The summed E-state index contributed by atoms with van der Waals surface area (Å²) in [5.41, 5.74) is 0. The summed E-state index contributed by atoms with van der Waals surface area (Å²) in [6.45, 7) is -0.290. The number of ether oxygens (including phenoxy) is 1. The van der Waals surface area contributed by atoms with E-state index < -0.39 is 33.8 Å². The molecule has 1 unspecified atom stereocenters. The predicted octanol–water partition coefficient (Wildman–Crippen LogP) is -0.106. The van der Waals surface area contributed by atoms with Crippen LogP contribution in [-0.2, 0) is 14.8 Å². The van der Waals surface area contributed by atoms with Gasteiger partial charge < -0.3 is 10.1 Å². The zero-order valence-corrected chi connectivity index (χ0v) is 13.8. The number of aromatic nitrogens is 2. The number of carbonyl (C=O) groups excluding carboxylic acids is 2. The van der Waals surface area contributed by atoms with E-state index in [4.69, 9.17) is 4.74 Å². The largest absolute Gasteiger partial charge is 0.424 e. The molecule has 2 heterocycles. The highest BCUT2D eigenvalue weighted by Gasteiger charge is 2.30. The van der Waals surface area contributed by atoms with Crippen molar-refractivity contribution in [1.82, 2.24) is 25.3 Å². The Balaban J connectivity index is 1.64. The van der Waals surface area contributed by atoms with E-state index in [1.807, 2.05) is 5.32 Å². The standard InChI is InChI=1S/C14H12FN5O5S/c15-8-5-16-14(17-6-8)25-9-1-3-10(4-2-9)26(23,24)18-7-11-12(21)20-13(22)19-11/h1-6,11,18H,7H2,(H2,19,20,21,22). The minimum Gasteiger partial charge on any atom is -0.424 e. The lowest BCUT2D eigenvalue weighted by atomic mass is 10.3. The molecule has 136 valence electrons. The van der Waals surface area contributed by atoms with Crippen LogP contribution in [0.4, 0.5) is 9.18 Å². The number of nitrogens with one attached hydrogen (secondary N) is 3. The molecule has 1 atom stereocenters. The van der Waals surface area contributed by atoms with Crippen LogP contribution in [0, 0.1) is 5.82 Å². The number of sulfonamides is 1. The third-order valence-corrected chi connectivity index (χ3v) is 4.72. The maximum absolute atomic E-state index is 12.7. The molecular weight excluding hydrogens is 369 g/mol.